The molecular weight excluding hydrogens is 379 g/mol. The van der Waals surface area contributed by atoms with Gasteiger partial charge in [0, 0.05) is 19.7 Å². The van der Waals surface area contributed by atoms with E-state index >= 15 is 0 Å². The van der Waals surface area contributed by atoms with Crippen LogP contribution in [0.5, 0.6) is 0 Å². The second-order valence-electron chi connectivity index (χ2n) is 6.22. The molecule has 1 aliphatic rings. The van der Waals surface area contributed by atoms with E-state index in [9.17, 15) is 0 Å². The van der Waals surface area contributed by atoms with E-state index in [1.165, 1.54) is 25.7 Å². The summed E-state index contributed by atoms with van der Waals surface area (Å²) in [5.41, 5.74) is 1.35. The molecule has 120 valence electrons. The molecule has 0 bridgehead atoms. The van der Waals surface area contributed by atoms with Crippen LogP contribution in [0.2, 0.25) is 0 Å². The monoisotopic (exact) mass is 406 g/mol. The van der Waals surface area contributed by atoms with Gasteiger partial charge < -0.3 is 15.2 Å². The highest BCUT2D eigenvalue weighted by Crippen LogP contribution is 2.45. The highest BCUT2D eigenvalue weighted by molar-refractivity contribution is 14.0. The molecule has 2 N–H and O–H groups in total. The normalized spacial score (nSPS) is 17.0. The van der Waals surface area contributed by atoms with E-state index in [1.807, 2.05) is 6.07 Å². The Morgan fingerprint density at radius 2 is 2.19 bits per heavy atom. The summed E-state index contributed by atoms with van der Waals surface area (Å²) >= 11 is 0. The average molecular weight is 406 g/mol. The van der Waals surface area contributed by atoms with Crippen molar-refractivity contribution in [2.45, 2.75) is 46.1 Å². The predicted molar refractivity (Wildman–Crippen MR) is 95.9 cm³/mol. The van der Waals surface area contributed by atoms with Gasteiger partial charge in [-0.1, -0.05) is 25.4 Å². The van der Waals surface area contributed by atoms with Crippen LogP contribution in [0.15, 0.2) is 21.8 Å². The summed E-state index contributed by atoms with van der Waals surface area (Å²) in [7, 11) is 1.80. The molecule has 1 fully saturated rings. The van der Waals surface area contributed by atoms with Crippen molar-refractivity contribution in [3.05, 3.63) is 18.0 Å². The number of halogens is 1. The highest BCUT2D eigenvalue weighted by Gasteiger charge is 2.37. The van der Waals surface area contributed by atoms with Crippen LogP contribution in [0, 0.1) is 11.3 Å². The lowest BCUT2D eigenvalue weighted by Crippen LogP contribution is -2.46. The average Bonchev–Trinajstić information content (AvgIpc) is 2.88. The molecule has 0 spiro atoms. The zero-order valence-corrected chi connectivity index (χ0v) is 15.5. The Hall–Kier alpha value is -0.790. The molecule has 1 aromatic heterocycles. The Morgan fingerprint density at radius 1 is 1.43 bits per heavy atom. The molecule has 21 heavy (non-hydrogen) atoms. The van der Waals surface area contributed by atoms with E-state index in [-0.39, 0.29) is 24.0 Å². The molecule has 0 radical (unpaired) electrons. The lowest BCUT2D eigenvalue weighted by molar-refractivity contribution is 0.104. The van der Waals surface area contributed by atoms with Crippen LogP contribution in [0.25, 0.3) is 0 Å². The van der Waals surface area contributed by atoms with Crippen LogP contribution in [-0.2, 0) is 6.54 Å². The van der Waals surface area contributed by atoms with Gasteiger partial charge in [0.05, 0.1) is 6.54 Å². The number of nitrogens with one attached hydrogen (secondary N) is 2. The summed E-state index contributed by atoms with van der Waals surface area (Å²) in [4.78, 5) is 4.26. The van der Waals surface area contributed by atoms with E-state index in [0.29, 0.717) is 12.0 Å². The summed E-state index contributed by atoms with van der Waals surface area (Å²) < 4.78 is 4.81. The number of hydrogen-bond acceptors (Lipinski definition) is 3. The standard InChI is InChI=1S/C15H26N4O.HI/c1-12(2)9-15(6-4-7-15)11-18-14(16-3)17-10-13-5-8-20-19-13;/h5,8,12H,4,6-7,9-11H2,1-3H3,(H2,16,17,18);1H. The van der Waals surface area contributed by atoms with Crippen molar-refractivity contribution in [1.82, 2.24) is 15.8 Å². The minimum absolute atomic E-state index is 0. The second kappa shape index (κ2) is 8.60. The third-order valence-electron chi connectivity index (χ3n) is 4.04. The summed E-state index contributed by atoms with van der Waals surface area (Å²) in [5.74, 6) is 1.59. The first-order chi connectivity index (χ1) is 9.63. The first kappa shape index (κ1) is 18.3. The van der Waals surface area contributed by atoms with Gasteiger partial charge in [-0.05, 0) is 30.6 Å². The molecule has 1 aliphatic carbocycles. The van der Waals surface area contributed by atoms with Gasteiger partial charge in [0.1, 0.15) is 12.0 Å². The van der Waals surface area contributed by atoms with Gasteiger partial charge in [-0.3, -0.25) is 4.99 Å². The minimum atomic E-state index is 0. The number of guanidine groups is 1. The fourth-order valence-corrected chi connectivity index (χ4v) is 2.99. The molecule has 2 rings (SSSR count). The molecule has 0 amide bonds. The summed E-state index contributed by atoms with van der Waals surface area (Å²) in [6.45, 7) is 6.24. The van der Waals surface area contributed by atoms with Gasteiger partial charge in [-0.15, -0.1) is 24.0 Å². The van der Waals surface area contributed by atoms with Crippen molar-refractivity contribution in [2.75, 3.05) is 13.6 Å². The van der Waals surface area contributed by atoms with Crippen molar-refractivity contribution in [2.24, 2.45) is 16.3 Å². The molecule has 0 atom stereocenters. The minimum Gasteiger partial charge on any atom is -0.364 e. The third-order valence-corrected chi connectivity index (χ3v) is 4.04. The molecule has 0 aromatic carbocycles. The van der Waals surface area contributed by atoms with Crippen LogP contribution >= 0.6 is 24.0 Å². The molecule has 0 aliphatic heterocycles. The van der Waals surface area contributed by atoms with Crippen LogP contribution in [0.3, 0.4) is 0 Å². The number of aliphatic imine (C=N–C) groups is 1. The lowest BCUT2D eigenvalue weighted by atomic mass is 9.64. The maximum atomic E-state index is 4.81. The summed E-state index contributed by atoms with van der Waals surface area (Å²) in [6, 6.07) is 1.85. The molecular formula is C15H27IN4O. The van der Waals surface area contributed by atoms with E-state index in [4.69, 9.17) is 4.52 Å². The number of aromatic nitrogens is 1. The van der Waals surface area contributed by atoms with Crippen LogP contribution < -0.4 is 10.6 Å². The Labute approximate surface area is 144 Å². The van der Waals surface area contributed by atoms with E-state index in [0.717, 1.165) is 24.1 Å². The van der Waals surface area contributed by atoms with Crippen molar-refractivity contribution >= 4 is 29.9 Å². The molecule has 1 aromatic rings. The van der Waals surface area contributed by atoms with Crippen molar-refractivity contribution in [1.29, 1.82) is 0 Å². The Morgan fingerprint density at radius 3 is 2.67 bits per heavy atom. The molecule has 6 heteroatoms. The van der Waals surface area contributed by atoms with Crippen LogP contribution in [0.1, 0.15) is 45.2 Å². The fourth-order valence-electron chi connectivity index (χ4n) is 2.99. The lowest BCUT2D eigenvalue weighted by Gasteiger charge is -2.43. The Balaban J connectivity index is 0.00000220. The van der Waals surface area contributed by atoms with Crippen molar-refractivity contribution in [3.8, 4) is 0 Å². The Kier molecular flexibility index (Phi) is 7.48. The number of nitrogens with zero attached hydrogens (tertiary/aromatic N) is 2. The van der Waals surface area contributed by atoms with Gasteiger partial charge in [0.25, 0.3) is 0 Å². The quantitative estimate of drug-likeness (QED) is 0.433. The van der Waals surface area contributed by atoms with Gasteiger partial charge in [-0.2, -0.15) is 0 Å². The van der Waals surface area contributed by atoms with Gasteiger partial charge in [-0.25, -0.2) is 0 Å². The number of rotatable bonds is 6. The second-order valence-corrected chi connectivity index (χ2v) is 6.22. The van der Waals surface area contributed by atoms with Gasteiger partial charge in [0.2, 0.25) is 0 Å². The highest BCUT2D eigenvalue weighted by atomic mass is 127. The zero-order valence-electron chi connectivity index (χ0n) is 13.2. The number of hydrogen-bond donors (Lipinski definition) is 2. The first-order valence-electron chi connectivity index (χ1n) is 7.47. The predicted octanol–water partition coefficient (Wildman–Crippen LogP) is 3.17. The third kappa shape index (κ3) is 5.48. The van der Waals surface area contributed by atoms with E-state index in [2.05, 4.69) is 34.6 Å². The summed E-state index contributed by atoms with van der Waals surface area (Å²) in [6.07, 6.45) is 6.90. The Bertz CT molecular complexity index is 427. The molecule has 1 saturated carbocycles. The molecule has 0 unspecified atom stereocenters. The maximum absolute atomic E-state index is 4.81. The molecule has 5 nitrogen and oxygen atoms in total. The smallest absolute Gasteiger partial charge is 0.191 e. The molecule has 0 saturated heterocycles. The van der Waals surface area contributed by atoms with Gasteiger partial charge in [0.15, 0.2) is 5.96 Å². The van der Waals surface area contributed by atoms with Crippen LogP contribution in [0.4, 0.5) is 0 Å². The SMILES string of the molecule is CN=C(NCc1ccon1)NCC1(CC(C)C)CCC1.I. The van der Waals surface area contributed by atoms with E-state index < -0.39 is 0 Å². The first-order valence-corrected chi connectivity index (χ1v) is 7.47. The van der Waals surface area contributed by atoms with Crippen molar-refractivity contribution in [3.63, 3.8) is 0 Å². The van der Waals surface area contributed by atoms with E-state index in [1.54, 1.807) is 13.3 Å². The summed E-state index contributed by atoms with van der Waals surface area (Å²) in [5, 5.41) is 10.6. The van der Waals surface area contributed by atoms with Crippen molar-refractivity contribution < 1.29 is 4.52 Å². The topological polar surface area (TPSA) is 62.5 Å². The largest absolute Gasteiger partial charge is 0.364 e. The maximum Gasteiger partial charge on any atom is 0.191 e. The van der Waals surface area contributed by atoms with Gasteiger partial charge >= 0.3 is 0 Å². The molecule has 1 heterocycles. The zero-order chi connectivity index (χ0) is 14.4. The fraction of sp³-hybridized carbons (Fsp3) is 0.733. The van der Waals surface area contributed by atoms with Crippen LogP contribution in [-0.4, -0.2) is 24.7 Å².